The third-order valence-electron chi connectivity index (χ3n) is 4.72. The summed E-state index contributed by atoms with van der Waals surface area (Å²) in [6.45, 7) is 9.80. The summed E-state index contributed by atoms with van der Waals surface area (Å²) in [5.74, 6) is 0.835. The van der Waals surface area contributed by atoms with Crippen LogP contribution < -0.4 is 16.4 Å². The van der Waals surface area contributed by atoms with Gasteiger partial charge in [-0.3, -0.25) is 4.79 Å². The maximum atomic E-state index is 11.2. The van der Waals surface area contributed by atoms with Gasteiger partial charge in [0.15, 0.2) is 5.96 Å². The zero-order valence-corrected chi connectivity index (χ0v) is 19.6. The van der Waals surface area contributed by atoms with Crippen molar-refractivity contribution in [1.29, 1.82) is 0 Å². The molecule has 0 aromatic carbocycles. The molecule has 0 radical (unpaired) electrons. The van der Waals surface area contributed by atoms with Crippen molar-refractivity contribution in [3.63, 3.8) is 0 Å². The summed E-state index contributed by atoms with van der Waals surface area (Å²) in [5.41, 5.74) is 5.39. The van der Waals surface area contributed by atoms with E-state index in [0.717, 1.165) is 70.9 Å². The predicted octanol–water partition coefficient (Wildman–Crippen LogP) is 2.71. The number of carbonyl (C=O) groups is 1. The van der Waals surface area contributed by atoms with Gasteiger partial charge in [-0.1, -0.05) is 0 Å². The molecule has 0 spiro atoms. The van der Waals surface area contributed by atoms with Gasteiger partial charge in [0.05, 0.1) is 6.54 Å². The number of halogens is 1. The smallest absolute Gasteiger partial charge is 0.220 e. The van der Waals surface area contributed by atoms with Crippen LogP contribution in [0.2, 0.25) is 0 Å². The second-order valence-corrected chi connectivity index (χ2v) is 8.23. The number of nitrogens with two attached hydrogens (primary N) is 1. The molecule has 0 unspecified atom stereocenters. The molecule has 8 heteroatoms. The van der Waals surface area contributed by atoms with Crippen LogP contribution in [-0.4, -0.2) is 49.5 Å². The molecule has 1 aromatic rings. The van der Waals surface area contributed by atoms with Crippen molar-refractivity contribution < 1.29 is 4.79 Å². The third-order valence-corrected chi connectivity index (χ3v) is 5.70. The Bertz CT molecular complexity index is 584. The molecule has 0 atom stereocenters. The lowest BCUT2D eigenvalue weighted by molar-refractivity contribution is -0.123. The molecule has 154 valence electrons. The van der Waals surface area contributed by atoms with Gasteiger partial charge in [0, 0.05) is 28.8 Å². The van der Waals surface area contributed by atoms with Gasteiger partial charge in [-0.2, -0.15) is 0 Å². The fourth-order valence-corrected chi connectivity index (χ4v) is 3.99. The molecular formula is C19H34IN5OS. The molecule has 27 heavy (non-hydrogen) atoms. The number of rotatable bonds is 9. The van der Waals surface area contributed by atoms with E-state index in [0.29, 0.717) is 0 Å². The number of unbranched alkanes of at least 4 members (excludes halogenated alkanes) is 1. The fraction of sp³-hybridized carbons (Fsp3) is 0.684. The number of aryl methyl sites for hydroxylation is 1. The van der Waals surface area contributed by atoms with Gasteiger partial charge in [0.2, 0.25) is 5.91 Å². The first-order valence-corrected chi connectivity index (χ1v) is 10.5. The molecule has 1 saturated heterocycles. The number of likely N-dealkylation sites (tertiary alicyclic amines) is 1. The van der Waals surface area contributed by atoms with Crippen LogP contribution in [-0.2, 0) is 11.3 Å². The predicted molar refractivity (Wildman–Crippen MR) is 125 cm³/mol. The molecule has 2 rings (SSSR count). The summed E-state index contributed by atoms with van der Waals surface area (Å²) in [6.07, 6.45) is 4.08. The van der Waals surface area contributed by atoms with Gasteiger partial charge in [-0.05, 0) is 71.3 Å². The van der Waals surface area contributed by atoms with Crippen molar-refractivity contribution in [3.8, 4) is 0 Å². The highest BCUT2D eigenvalue weighted by Crippen LogP contribution is 2.17. The SMILES string of the molecule is CCNC(=NCc1ccc(C)s1)NCCCCN1CCC(C(N)=O)CC1.I. The monoisotopic (exact) mass is 507 g/mol. The highest BCUT2D eigenvalue weighted by molar-refractivity contribution is 14.0. The van der Waals surface area contributed by atoms with Crippen LogP contribution in [0.15, 0.2) is 17.1 Å². The fourth-order valence-electron chi connectivity index (χ4n) is 3.18. The van der Waals surface area contributed by atoms with Gasteiger partial charge >= 0.3 is 0 Å². The van der Waals surface area contributed by atoms with Crippen molar-refractivity contribution in [2.45, 2.75) is 46.1 Å². The molecule has 1 amide bonds. The molecular weight excluding hydrogens is 473 g/mol. The Kier molecular flexibility index (Phi) is 11.9. The highest BCUT2D eigenvalue weighted by Gasteiger charge is 2.22. The third kappa shape index (κ3) is 9.25. The van der Waals surface area contributed by atoms with E-state index < -0.39 is 0 Å². The van der Waals surface area contributed by atoms with E-state index in [-0.39, 0.29) is 35.8 Å². The minimum Gasteiger partial charge on any atom is -0.369 e. The van der Waals surface area contributed by atoms with Crippen molar-refractivity contribution in [1.82, 2.24) is 15.5 Å². The molecule has 1 aliphatic rings. The molecule has 0 saturated carbocycles. The number of guanidine groups is 1. The first kappa shape index (κ1) is 24.2. The van der Waals surface area contributed by atoms with Gasteiger partial charge in [-0.25, -0.2) is 4.99 Å². The standard InChI is InChI=1S/C19H33N5OS.HI/c1-3-21-19(23-14-17-7-6-15(2)26-17)22-10-4-5-11-24-12-8-16(9-13-24)18(20)25;/h6-7,16H,3-5,8-14H2,1-2H3,(H2,20,25)(H2,21,22,23);1H. The molecule has 0 bridgehead atoms. The largest absolute Gasteiger partial charge is 0.369 e. The summed E-state index contributed by atoms with van der Waals surface area (Å²) in [6, 6.07) is 4.29. The van der Waals surface area contributed by atoms with Crippen LogP contribution in [0.5, 0.6) is 0 Å². The van der Waals surface area contributed by atoms with Crippen LogP contribution in [0.3, 0.4) is 0 Å². The lowest BCUT2D eigenvalue weighted by Crippen LogP contribution is -2.39. The van der Waals surface area contributed by atoms with E-state index in [1.165, 1.54) is 9.75 Å². The summed E-state index contributed by atoms with van der Waals surface area (Å²) in [4.78, 5) is 20.9. The number of hydrogen-bond acceptors (Lipinski definition) is 4. The Morgan fingerprint density at radius 2 is 2.04 bits per heavy atom. The minimum absolute atomic E-state index is 0. The molecule has 1 aliphatic heterocycles. The van der Waals surface area contributed by atoms with Crippen LogP contribution in [0.1, 0.15) is 42.4 Å². The Hall–Kier alpha value is -0.870. The number of thiophene rings is 1. The van der Waals surface area contributed by atoms with Crippen molar-refractivity contribution in [3.05, 3.63) is 21.9 Å². The average Bonchev–Trinajstić information content (AvgIpc) is 3.05. The summed E-state index contributed by atoms with van der Waals surface area (Å²) >= 11 is 1.80. The van der Waals surface area contributed by atoms with E-state index in [9.17, 15) is 4.79 Å². The number of nitrogens with one attached hydrogen (secondary N) is 2. The number of hydrogen-bond donors (Lipinski definition) is 3. The van der Waals surface area contributed by atoms with Crippen LogP contribution >= 0.6 is 35.3 Å². The van der Waals surface area contributed by atoms with Crippen molar-refractivity contribution >= 4 is 47.2 Å². The van der Waals surface area contributed by atoms with Gasteiger partial charge < -0.3 is 21.3 Å². The number of amides is 1. The molecule has 4 N–H and O–H groups in total. The number of carbonyl (C=O) groups excluding carboxylic acids is 1. The van der Waals surface area contributed by atoms with E-state index in [2.05, 4.69) is 46.5 Å². The lowest BCUT2D eigenvalue weighted by Gasteiger charge is -2.30. The second kappa shape index (κ2) is 13.3. The van der Waals surface area contributed by atoms with E-state index in [1.54, 1.807) is 11.3 Å². The Morgan fingerprint density at radius 1 is 1.30 bits per heavy atom. The Balaban J connectivity index is 0.00000364. The Labute approximate surface area is 184 Å². The summed E-state index contributed by atoms with van der Waals surface area (Å²) < 4.78 is 0. The zero-order valence-electron chi connectivity index (χ0n) is 16.5. The number of nitrogens with zero attached hydrogens (tertiary/aromatic N) is 2. The van der Waals surface area contributed by atoms with Crippen LogP contribution in [0.25, 0.3) is 0 Å². The van der Waals surface area contributed by atoms with E-state index >= 15 is 0 Å². The lowest BCUT2D eigenvalue weighted by atomic mass is 9.96. The topological polar surface area (TPSA) is 82.8 Å². The molecule has 2 heterocycles. The molecule has 6 nitrogen and oxygen atoms in total. The van der Waals surface area contributed by atoms with Gasteiger partial charge in [0.25, 0.3) is 0 Å². The average molecular weight is 507 g/mol. The summed E-state index contributed by atoms with van der Waals surface area (Å²) in [5, 5.41) is 6.73. The number of primary amides is 1. The van der Waals surface area contributed by atoms with Crippen molar-refractivity contribution in [2.75, 3.05) is 32.7 Å². The maximum absolute atomic E-state index is 11.2. The van der Waals surface area contributed by atoms with Gasteiger partial charge in [-0.15, -0.1) is 35.3 Å². The van der Waals surface area contributed by atoms with Gasteiger partial charge in [0.1, 0.15) is 0 Å². The second-order valence-electron chi connectivity index (χ2n) is 6.86. The van der Waals surface area contributed by atoms with E-state index in [1.807, 2.05) is 0 Å². The van der Waals surface area contributed by atoms with Crippen LogP contribution in [0.4, 0.5) is 0 Å². The molecule has 1 fully saturated rings. The summed E-state index contributed by atoms with van der Waals surface area (Å²) in [7, 11) is 0. The normalized spacial score (nSPS) is 16.0. The first-order valence-electron chi connectivity index (χ1n) is 9.67. The maximum Gasteiger partial charge on any atom is 0.220 e. The van der Waals surface area contributed by atoms with E-state index in [4.69, 9.17) is 5.73 Å². The first-order chi connectivity index (χ1) is 12.6. The number of aliphatic imine (C=N–C) groups is 1. The number of piperidine rings is 1. The highest BCUT2D eigenvalue weighted by atomic mass is 127. The van der Waals surface area contributed by atoms with Crippen LogP contribution in [0, 0.1) is 12.8 Å². The quantitative estimate of drug-likeness (QED) is 0.208. The minimum atomic E-state index is -0.137. The molecule has 1 aromatic heterocycles. The Morgan fingerprint density at radius 3 is 2.63 bits per heavy atom. The van der Waals surface area contributed by atoms with Crippen molar-refractivity contribution in [2.24, 2.45) is 16.6 Å². The zero-order chi connectivity index (χ0) is 18.8. The molecule has 0 aliphatic carbocycles.